The molecule has 0 heterocycles. The van der Waals surface area contributed by atoms with Crippen LogP contribution in [0.4, 0.5) is 0 Å². The summed E-state index contributed by atoms with van der Waals surface area (Å²) in [5.74, 6) is -0.0107. The summed E-state index contributed by atoms with van der Waals surface area (Å²) in [6.45, 7) is 14.5. The van der Waals surface area contributed by atoms with Gasteiger partial charge in [-0.15, -0.1) is 0 Å². The number of allylic oxidation sites excluding steroid dienone is 1. The molecule has 0 aliphatic heterocycles. The molecule has 0 saturated carbocycles. The van der Waals surface area contributed by atoms with Gasteiger partial charge >= 0.3 is 0 Å². The zero-order chi connectivity index (χ0) is 24.6. The first-order valence-corrected chi connectivity index (χ1v) is 14.3. The van der Waals surface area contributed by atoms with Crippen molar-refractivity contribution in [3.8, 4) is 0 Å². The van der Waals surface area contributed by atoms with Crippen molar-refractivity contribution in [1.82, 2.24) is 10.6 Å². The van der Waals surface area contributed by atoms with Gasteiger partial charge in [-0.2, -0.15) is 0 Å². The van der Waals surface area contributed by atoms with E-state index in [-0.39, 0.29) is 10.8 Å². The van der Waals surface area contributed by atoms with Gasteiger partial charge in [-0.05, 0) is 20.1 Å². The molecule has 0 spiro atoms. The smallest absolute Gasteiger partial charge is 0.222 e. The molecule has 0 aromatic heterocycles. The normalized spacial score (nSPS) is 13.6. The quantitative estimate of drug-likeness (QED) is 0.0879. The van der Waals surface area contributed by atoms with E-state index in [1.807, 2.05) is 25.3 Å². The largest absolute Gasteiger partial charge is 0.379 e. The third kappa shape index (κ3) is 23.2. The van der Waals surface area contributed by atoms with Gasteiger partial charge in [0.15, 0.2) is 0 Å². The van der Waals surface area contributed by atoms with Crippen LogP contribution in [-0.4, -0.2) is 95.7 Å². The minimum Gasteiger partial charge on any atom is -0.379 e. The number of rotatable bonds is 24. The third-order valence-corrected chi connectivity index (χ3v) is 6.66. The van der Waals surface area contributed by atoms with E-state index in [0.717, 1.165) is 13.0 Å². The summed E-state index contributed by atoms with van der Waals surface area (Å²) in [5, 5.41) is 6.10. The lowest BCUT2D eigenvalue weighted by Gasteiger charge is -2.28. The molecular formula is C23H46N2O6S2. The highest BCUT2D eigenvalue weighted by Crippen LogP contribution is 2.37. The Morgan fingerprint density at radius 1 is 0.939 bits per heavy atom. The van der Waals surface area contributed by atoms with Crippen LogP contribution in [0.3, 0.4) is 0 Å². The zero-order valence-electron chi connectivity index (χ0n) is 21.2. The van der Waals surface area contributed by atoms with Gasteiger partial charge in [0, 0.05) is 32.0 Å². The molecule has 0 saturated heterocycles. The van der Waals surface area contributed by atoms with Crippen molar-refractivity contribution in [3.63, 3.8) is 0 Å². The van der Waals surface area contributed by atoms with Gasteiger partial charge in [-0.1, -0.05) is 47.6 Å². The summed E-state index contributed by atoms with van der Waals surface area (Å²) < 4.78 is 28.3. The maximum atomic E-state index is 11.5. The van der Waals surface area contributed by atoms with Gasteiger partial charge in [-0.3, -0.25) is 4.79 Å². The minimum absolute atomic E-state index is 0.0107. The van der Waals surface area contributed by atoms with Crippen LogP contribution in [-0.2, 0) is 28.5 Å². The standard InChI is InChI=1S/C23H46N2O6S2/c1-6-7-10-25-22(26)8-12-27-15-18-30-19-20-31-23(4,33-32-5)9-13-28-16-17-29-14-11-24-21(2)3/h6-7,21,24H,8-20H2,1-5H3,(H,25,26)/b7-6+. The van der Waals surface area contributed by atoms with Gasteiger partial charge < -0.3 is 34.3 Å². The lowest BCUT2D eigenvalue weighted by atomic mass is 10.3. The Morgan fingerprint density at radius 2 is 1.55 bits per heavy atom. The van der Waals surface area contributed by atoms with E-state index >= 15 is 0 Å². The highest BCUT2D eigenvalue weighted by Gasteiger charge is 2.25. The Hall–Kier alpha value is -0.330. The Morgan fingerprint density at radius 3 is 2.18 bits per heavy atom. The molecule has 10 heteroatoms. The molecule has 1 unspecified atom stereocenters. The summed E-state index contributed by atoms with van der Waals surface area (Å²) in [6.07, 6.45) is 6.98. The monoisotopic (exact) mass is 510 g/mol. The van der Waals surface area contributed by atoms with Gasteiger partial charge in [-0.25, -0.2) is 0 Å². The molecule has 0 radical (unpaired) electrons. The van der Waals surface area contributed by atoms with Crippen molar-refractivity contribution >= 4 is 27.5 Å². The highest BCUT2D eigenvalue weighted by molar-refractivity contribution is 8.76. The SMILES string of the molecule is C/C=C/CNC(=O)CCOCCOCCOC(C)(CCOCCOCCNC(C)C)SSC. The van der Waals surface area contributed by atoms with Crippen molar-refractivity contribution in [2.75, 3.05) is 78.8 Å². The molecule has 196 valence electrons. The van der Waals surface area contributed by atoms with Crippen LogP contribution in [0, 0.1) is 0 Å². The molecular weight excluding hydrogens is 464 g/mol. The number of hydrogen-bond donors (Lipinski definition) is 2. The van der Waals surface area contributed by atoms with E-state index in [1.54, 1.807) is 21.6 Å². The second-order valence-electron chi connectivity index (χ2n) is 7.66. The predicted octanol–water partition coefficient (Wildman–Crippen LogP) is 3.27. The van der Waals surface area contributed by atoms with E-state index in [2.05, 4.69) is 31.4 Å². The average Bonchev–Trinajstić information content (AvgIpc) is 2.77. The van der Waals surface area contributed by atoms with Crippen LogP contribution in [0.25, 0.3) is 0 Å². The third-order valence-electron chi connectivity index (χ3n) is 4.26. The number of carbonyl (C=O) groups excluding carboxylic acids is 1. The summed E-state index contributed by atoms with van der Waals surface area (Å²) in [4.78, 5) is 11.2. The molecule has 33 heavy (non-hydrogen) atoms. The second kappa shape index (κ2) is 23.4. The molecule has 0 bridgehead atoms. The zero-order valence-corrected chi connectivity index (χ0v) is 22.8. The van der Waals surface area contributed by atoms with E-state index in [0.29, 0.717) is 78.5 Å². The lowest BCUT2D eigenvalue weighted by Crippen LogP contribution is -2.28. The second-order valence-corrected chi connectivity index (χ2v) is 10.5. The van der Waals surface area contributed by atoms with E-state index in [4.69, 9.17) is 23.7 Å². The number of carbonyl (C=O) groups is 1. The first-order valence-electron chi connectivity index (χ1n) is 11.7. The van der Waals surface area contributed by atoms with Gasteiger partial charge in [0.25, 0.3) is 0 Å². The molecule has 2 N–H and O–H groups in total. The maximum absolute atomic E-state index is 11.5. The van der Waals surface area contributed by atoms with E-state index < -0.39 is 0 Å². The van der Waals surface area contributed by atoms with Crippen molar-refractivity contribution in [1.29, 1.82) is 0 Å². The highest BCUT2D eigenvalue weighted by atomic mass is 33.1. The lowest BCUT2D eigenvalue weighted by molar-refractivity contribution is -0.122. The first-order chi connectivity index (χ1) is 15.9. The van der Waals surface area contributed by atoms with Crippen molar-refractivity contribution in [2.45, 2.75) is 51.5 Å². The van der Waals surface area contributed by atoms with E-state index in [9.17, 15) is 4.79 Å². The fraction of sp³-hybridized carbons (Fsp3) is 0.870. The molecule has 0 rings (SSSR count). The summed E-state index contributed by atoms with van der Waals surface area (Å²) in [5.41, 5.74) is 0. The Bertz CT molecular complexity index is 486. The molecule has 0 aliphatic carbocycles. The summed E-state index contributed by atoms with van der Waals surface area (Å²) >= 11 is 0. The van der Waals surface area contributed by atoms with Gasteiger partial charge in [0.2, 0.25) is 5.91 Å². The van der Waals surface area contributed by atoms with Crippen LogP contribution < -0.4 is 10.6 Å². The van der Waals surface area contributed by atoms with Crippen LogP contribution in [0.5, 0.6) is 0 Å². The summed E-state index contributed by atoms with van der Waals surface area (Å²) in [7, 11) is 3.37. The van der Waals surface area contributed by atoms with Crippen LogP contribution in [0.2, 0.25) is 0 Å². The Kier molecular flexibility index (Phi) is 23.2. The van der Waals surface area contributed by atoms with Crippen molar-refractivity contribution in [3.05, 3.63) is 12.2 Å². The fourth-order valence-electron chi connectivity index (χ4n) is 2.50. The fourth-order valence-corrected chi connectivity index (χ4v) is 4.60. The average molecular weight is 511 g/mol. The molecule has 0 aromatic carbocycles. The molecule has 0 fully saturated rings. The predicted molar refractivity (Wildman–Crippen MR) is 139 cm³/mol. The van der Waals surface area contributed by atoms with Crippen LogP contribution in [0.1, 0.15) is 40.5 Å². The topological polar surface area (TPSA) is 87.3 Å². The van der Waals surface area contributed by atoms with Crippen molar-refractivity contribution < 1.29 is 28.5 Å². The maximum Gasteiger partial charge on any atom is 0.222 e. The van der Waals surface area contributed by atoms with Crippen LogP contribution >= 0.6 is 21.6 Å². The Balaban J connectivity index is 3.67. The Labute approximate surface area is 209 Å². The number of hydrogen-bond acceptors (Lipinski definition) is 9. The van der Waals surface area contributed by atoms with Gasteiger partial charge in [0.1, 0.15) is 4.93 Å². The minimum atomic E-state index is -0.332. The molecule has 0 aromatic rings. The molecule has 1 atom stereocenters. The summed E-state index contributed by atoms with van der Waals surface area (Å²) in [6, 6.07) is 0.480. The number of ether oxygens (including phenoxy) is 5. The first kappa shape index (κ1) is 32.7. The number of nitrogens with one attached hydrogen (secondary N) is 2. The molecule has 1 amide bonds. The number of amides is 1. The van der Waals surface area contributed by atoms with Crippen molar-refractivity contribution in [2.24, 2.45) is 0 Å². The van der Waals surface area contributed by atoms with Crippen LogP contribution in [0.15, 0.2) is 12.2 Å². The van der Waals surface area contributed by atoms with E-state index in [1.165, 1.54) is 0 Å². The molecule has 0 aliphatic rings. The van der Waals surface area contributed by atoms with Gasteiger partial charge in [0.05, 0.1) is 59.5 Å². The molecule has 8 nitrogen and oxygen atoms in total.